The van der Waals surface area contributed by atoms with Gasteiger partial charge in [-0.05, 0) is 11.3 Å². The number of rotatable bonds is 4. The second-order valence-electron chi connectivity index (χ2n) is 3.06. The van der Waals surface area contributed by atoms with Crippen molar-refractivity contribution < 1.29 is 9.66 Å². The fourth-order valence-corrected chi connectivity index (χ4v) is 1.24. The molecule has 15 heavy (non-hydrogen) atoms. The third kappa shape index (κ3) is 2.52. The van der Waals surface area contributed by atoms with Crippen LogP contribution in [0.3, 0.4) is 0 Å². The van der Waals surface area contributed by atoms with Crippen LogP contribution in [0.5, 0.6) is 0 Å². The Balaban J connectivity index is 3.17. The lowest BCUT2D eigenvalue weighted by Gasteiger charge is -1.99. The van der Waals surface area contributed by atoms with Crippen molar-refractivity contribution in [2.75, 3.05) is 7.05 Å². The number of hydrogen-bond donors (Lipinski definition) is 0. The molecule has 0 radical (unpaired) electrons. The van der Waals surface area contributed by atoms with E-state index in [1.54, 1.807) is 0 Å². The summed E-state index contributed by atoms with van der Waals surface area (Å²) in [6, 6.07) is 0. The van der Waals surface area contributed by atoms with E-state index in [0.29, 0.717) is 17.1 Å². The minimum Gasteiger partial charge on any atom is -0.624 e. The zero-order valence-corrected chi connectivity index (χ0v) is 8.58. The molecule has 1 aromatic rings. The van der Waals surface area contributed by atoms with Gasteiger partial charge in [-0.3, -0.25) is 0 Å². The van der Waals surface area contributed by atoms with E-state index in [4.69, 9.17) is 0 Å². The van der Waals surface area contributed by atoms with Crippen molar-refractivity contribution in [1.82, 2.24) is 9.55 Å². The van der Waals surface area contributed by atoms with E-state index < -0.39 is 4.92 Å². The molecule has 0 aliphatic heterocycles. The highest BCUT2D eigenvalue weighted by atomic mass is 16.6. The highest BCUT2D eigenvalue weighted by molar-refractivity contribution is 5.71. The molecule has 0 aromatic carbocycles. The first-order valence-corrected chi connectivity index (χ1v) is 4.51. The molecule has 0 N–H and O–H groups in total. The van der Waals surface area contributed by atoms with Crippen LogP contribution in [0.2, 0.25) is 0 Å². The molecule has 1 rings (SSSR count). The van der Waals surface area contributed by atoms with E-state index >= 15 is 0 Å². The van der Waals surface area contributed by atoms with Gasteiger partial charge in [0, 0.05) is 0 Å². The molecule has 0 fully saturated rings. The van der Waals surface area contributed by atoms with Crippen LogP contribution < -0.4 is 0 Å². The van der Waals surface area contributed by atoms with E-state index in [0.717, 1.165) is 12.6 Å². The number of nitro groups is 1. The van der Waals surface area contributed by atoms with E-state index in [-0.39, 0.29) is 5.82 Å². The van der Waals surface area contributed by atoms with Crippen molar-refractivity contribution in [3.8, 4) is 0 Å². The summed E-state index contributed by atoms with van der Waals surface area (Å²) in [5.74, 6) is 0.214. The Kier molecular flexibility index (Phi) is 3.37. The van der Waals surface area contributed by atoms with Gasteiger partial charge in [0.2, 0.25) is 6.21 Å². The second-order valence-corrected chi connectivity index (χ2v) is 3.06. The van der Waals surface area contributed by atoms with Crippen molar-refractivity contribution in [3.63, 3.8) is 0 Å². The standard InChI is InChI=1S/C8H12N4O3/c1-3-4-11-7(6-10(2)13)9-5-8(11)12(14)15/h5-6H,3-4H2,1-2H3. The Bertz CT molecular complexity index is 393. The minimum atomic E-state index is -0.509. The van der Waals surface area contributed by atoms with Gasteiger partial charge in [0.05, 0.1) is 6.54 Å². The Morgan fingerprint density at radius 3 is 2.73 bits per heavy atom. The predicted molar refractivity (Wildman–Crippen MR) is 53.9 cm³/mol. The summed E-state index contributed by atoms with van der Waals surface area (Å²) >= 11 is 0. The van der Waals surface area contributed by atoms with Crippen LogP contribution >= 0.6 is 0 Å². The SMILES string of the molecule is CCCn1c([N+](=O)[O-])cnc1C=[N+](C)[O-]. The van der Waals surface area contributed by atoms with E-state index in [9.17, 15) is 15.3 Å². The first-order valence-electron chi connectivity index (χ1n) is 4.51. The van der Waals surface area contributed by atoms with Gasteiger partial charge in [0.15, 0.2) is 0 Å². The van der Waals surface area contributed by atoms with Gasteiger partial charge >= 0.3 is 5.82 Å². The molecule has 0 saturated carbocycles. The Labute approximate surface area is 86.4 Å². The van der Waals surface area contributed by atoms with Crippen LogP contribution in [0.1, 0.15) is 19.2 Å². The van der Waals surface area contributed by atoms with Gasteiger partial charge < -0.3 is 15.3 Å². The minimum absolute atomic E-state index is 0.0926. The molecule has 0 aliphatic carbocycles. The first kappa shape index (κ1) is 11.2. The smallest absolute Gasteiger partial charge is 0.343 e. The van der Waals surface area contributed by atoms with Gasteiger partial charge in [0.1, 0.15) is 13.2 Å². The molecule has 0 atom stereocenters. The van der Waals surface area contributed by atoms with Crippen LogP contribution in [0.25, 0.3) is 0 Å². The summed E-state index contributed by atoms with van der Waals surface area (Å²) < 4.78 is 1.98. The summed E-state index contributed by atoms with van der Waals surface area (Å²) in [6.45, 7) is 2.37. The Morgan fingerprint density at radius 2 is 2.27 bits per heavy atom. The average Bonchev–Trinajstić information content (AvgIpc) is 2.48. The van der Waals surface area contributed by atoms with Crippen molar-refractivity contribution in [2.24, 2.45) is 0 Å². The third-order valence-electron chi connectivity index (χ3n) is 1.80. The Morgan fingerprint density at radius 1 is 1.60 bits per heavy atom. The number of hydroxylamine groups is 1. The molecule has 7 nitrogen and oxygen atoms in total. The number of nitrogens with zero attached hydrogens (tertiary/aromatic N) is 4. The van der Waals surface area contributed by atoms with Crippen molar-refractivity contribution in [2.45, 2.75) is 19.9 Å². The van der Waals surface area contributed by atoms with Gasteiger partial charge in [-0.2, -0.15) is 0 Å². The number of aromatic nitrogens is 2. The third-order valence-corrected chi connectivity index (χ3v) is 1.80. The van der Waals surface area contributed by atoms with Gasteiger partial charge in [0.25, 0.3) is 5.82 Å². The summed E-state index contributed by atoms with van der Waals surface area (Å²) in [5, 5.41) is 21.4. The maximum absolute atomic E-state index is 10.8. The van der Waals surface area contributed by atoms with Gasteiger partial charge in [-0.15, -0.1) is 0 Å². The molecule has 0 saturated heterocycles. The van der Waals surface area contributed by atoms with E-state index in [2.05, 4.69) is 4.98 Å². The molecular weight excluding hydrogens is 200 g/mol. The fourth-order valence-electron chi connectivity index (χ4n) is 1.24. The largest absolute Gasteiger partial charge is 0.624 e. The van der Waals surface area contributed by atoms with Crippen molar-refractivity contribution >= 4 is 12.0 Å². The molecule has 0 aliphatic rings. The number of hydrogen-bond acceptors (Lipinski definition) is 4. The van der Waals surface area contributed by atoms with Crippen LogP contribution in [-0.2, 0) is 6.54 Å². The molecule has 7 heteroatoms. The van der Waals surface area contributed by atoms with Crippen LogP contribution in [0.4, 0.5) is 5.82 Å². The first-order chi connectivity index (χ1) is 7.06. The van der Waals surface area contributed by atoms with Crippen LogP contribution in [-0.4, -0.2) is 32.5 Å². The summed E-state index contributed by atoms with van der Waals surface area (Å²) in [7, 11) is 1.30. The number of imidazole rings is 1. The van der Waals surface area contributed by atoms with Crippen LogP contribution in [0.15, 0.2) is 6.20 Å². The molecule has 0 spiro atoms. The van der Waals surface area contributed by atoms with Gasteiger partial charge in [-0.1, -0.05) is 6.92 Å². The lowest BCUT2D eigenvalue weighted by Crippen LogP contribution is -2.09. The topological polar surface area (TPSA) is 87.0 Å². The van der Waals surface area contributed by atoms with Crippen LogP contribution in [0, 0.1) is 15.3 Å². The van der Waals surface area contributed by atoms with Gasteiger partial charge in [-0.25, -0.2) is 14.3 Å². The highest BCUT2D eigenvalue weighted by Gasteiger charge is 2.19. The maximum atomic E-state index is 10.8. The summed E-state index contributed by atoms with van der Waals surface area (Å²) in [6.07, 6.45) is 3.11. The predicted octanol–water partition coefficient (Wildman–Crippen LogP) is 0.760. The quantitative estimate of drug-likeness (QED) is 0.242. The highest BCUT2D eigenvalue weighted by Crippen LogP contribution is 2.13. The maximum Gasteiger partial charge on any atom is 0.343 e. The average molecular weight is 212 g/mol. The normalized spacial score (nSPS) is 11.7. The molecule has 0 unspecified atom stereocenters. The molecule has 0 bridgehead atoms. The fraction of sp³-hybridized carbons (Fsp3) is 0.500. The molecule has 82 valence electrons. The van der Waals surface area contributed by atoms with Crippen molar-refractivity contribution in [3.05, 3.63) is 27.3 Å². The Hall–Kier alpha value is -1.92. The molecular formula is C8H12N4O3. The second kappa shape index (κ2) is 4.54. The zero-order chi connectivity index (χ0) is 11.4. The van der Waals surface area contributed by atoms with E-state index in [1.807, 2.05) is 6.92 Å². The molecule has 0 amide bonds. The summed E-state index contributed by atoms with van der Waals surface area (Å²) in [4.78, 5) is 13.9. The van der Waals surface area contributed by atoms with E-state index in [1.165, 1.54) is 17.8 Å². The molecule has 1 aromatic heterocycles. The monoisotopic (exact) mass is 212 g/mol. The van der Waals surface area contributed by atoms with Crippen molar-refractivity contribution in [1.29, 1.82) is 0 Å². The lowest BCUT2D eigenvalue weighted by atomic mass is 10.4. The molecule has 1 heterocycles. The zero-order valence-electron chi connectivity index (χ0n) is 8.58. The summed E-state index contributed by atoms with van der Waals surface area (Å²) in [5.41, 5.74) is 0. The lowest BCUT2D eigenvalue weighted by molar-refractivity contribution is -0.417.